The molecule has 0 atom stereocenters. The van der Waals surface area contributed by atoms with Crippen LogP contribution in [-0.4, -0.2) is 9.13 Å². The van der Waals surface area contributed by atoms with Gasteiger partial charge in [-0.1, -0.05) is 121 Å². The van der Waals surface area contributed by atoms with Crippen molar-refractivity contribution in [2.45, 2.75) is 0 Å². The Morgan fingerprint density at radius 1 is 0.396 bits per heavy atom. The lowest BCUT2D eigenvalue weighted by molar-refractivity contribution is 1.18. The molecule has 4 heteroatoms. The summed E-state index contributed by atoms with van der Waals surface area (Å²) in [6.07, 6.45) is 0. The predicted molar refractivity (Wildman–Crippen MR) is 199 cm³/mol. The summed E-state index contributed by atoms with van der Waals surface area (Å²) >= 11 is 0. The van der Waals surface area contributed by atoms with Crippen LogP contribution in [0.3, 0.4) is 0 Å². The Bertz CT molecular complexity index is 2760. The molecule has 48 heavy (non-hydrogen) atoms. The van der Waals surface area contributed by atoms with Crippen LogP contribution < -0.4 is 0 Å². The van der Waals surface area contributed by atoms with E-state index in [2.05, 4.69) is 134 Å². The van der Waals surface area contributed by atoms with Gasteiger partial charge in [0.15, 0.2) is 5.69 Å². The molecule has 2 heterocycles. The standard InChI is InChI=1S/C44H26N4/c1-45-38-26-25-30(29-13-11-14-31(27-29)47-40-21-7-5-17-34(40)36-19-12-20-39(46-2)44(36)47)28-37(38)35-18-6-10-24-43(35)48-41-22-8-3-15-32(41)33-16-4-9-23-42(33)48/h3-28H. The molecule has 9 rings (SSSR count). The predicted octanol–water partition coefficient (Wildman–Crippen LogP) is 12.3. The molecule has 2 aromatic heterocycles. The topological polar surface area (TPSA) is 18.6 Å². The Kier molecular flexibility index (Phi) is 6.22. The molecule has 7 aromatic carbocycles. The summed E-state index contributed by atoms with van der Waals surface area (Å²) in [6.45, 7) is 16.1. The van der Waals surface area contributed by atoms with Crippen LogP contribution in [0.1, 0.15) is 0 Å². The molecule has 222 valence electrons. The van der Waals surface area contributed by atoms with Crippen molar-refractivity contribution >= 4 is 55.0 Å². The summed E-state index contributed by atoms with van der Waals surface area (Å²) in [6, 6.07) is 54.2. The van der Waals surface area contributed by atoms with Crippen molar-refractivity contribution in [2.24, 2.45) is 0 Å². The molecule has 0 bridgehead atoms. The fourth-order valence-electron chi connectivity index (χ4n) is 7.29. The van der Waals surface area contributed by atoms with Gasteiger partial charge in [0.2, 0.25) is 5.69 Å². The van der Waals surface area contributed by atoms with Gasteiger partial charge in [0.1, 0.15) is 0 Å². The molecule has 0 amide bonds. The lowest BCUT2D eigenvalue weighted by Gasteiger charge is -2.16. The molecule has 0 fully saturated rings. The summed E-state index contributed by atoms with van der Waals surface area (Å²) in [5, 5.41) is 4.58. The summed E-state index contributed by atoms with van der Waals surface area (Å²) in [5.41, 5.74) is 11.4. The minimum Gasteiger partial charge on any atom is -0.319 e. The number of rotatable bonds is 4. The Morgan fingerprint density at radius 3 is 1.67 bits per heavy atom. The number of aromatic nitrogens is 2. The van der Waals surface area contributed by atoms with Gasteiger partial charge in [-0.2, -0.15) is 0 Å². The van der Waals surface area contributed by atoms with E-state index in [4.69, 9.17) is 13.1 Å². The highest BCUT2D eigenvalue weighted by atomic mass is 15.0. The molecule has 0 unspecified atom stereocenters. The highest BCUT2D eigenvalue weighted by Gasteiger charge is 2.19. The zero-order valence-electron chi connectivity index (χ0n) is 25.8. The van der Waals surface area contributed by atoms with Crippen molar-refractivity contribution in [1.29, 1.82) is 0 Å². The maximum Gasteiger partial charge on any atom is 0.211 e. The first-order valence-corrected chi connectivity index (χ1v) is 15.8. The first kappa shape index (κ1) is 27.4. The molecular formula is C44H26N4. The molecule has 0 aliphatic heterocycles. The van der Waals surface area contributed by atoms with E-state index < -0.39 is 0 Å². The van der Waals surface area contributed by atoms with Gasteiger partial charge >= 0.3 is 0 Å². The molecule has 0 aliphatic carbocycles. The maximum atomic E-state index is 8.13. The lowest BCUT2D eigenvalue weighted by atomic mass is 9.96. The van der Waals surface area contributed by atoms with Gasteiger partial charge in [-0.3, -0.25) is 0 Å². The monoisotopic (exact) mass is 610 g/mol. The van der Waals surface area contributed by atoms with Crippen molar-refractivity contribution in [2.75, 3.05) is 0 Å². The van der Waals surface area contributed by atoms with Crippen LogP contribution in [-0.2, 0) is 0 Å². The van der Waals surface area contributed by atoms with Gasteiger partial charge in [-0.25, -0.2) is 9.69 Å². The second kappa shape index (κ2) is 10.9. The Labute approximate surface area is 277 Å². The van der Waals surface area contributed by atoms with Crippen LogP contribution in [0.4, 0.5) is 11.4 Å². The van der Waals surface area contributed by atoms with Crippen molar-refractivity contribution in [3.8, 4) is 33.6 Å². The highest BCUT2D eigenvalue weighted by molar-refractivity contribution is 6.13. The fourth-order valence-corrected chi connectivity index (χ4v) is 7.29. The molecular weight excluding hydrogens is 585 g/mol. The van der Waals surface area contributed by atoms with Crippen LogP contribution in [0.15, 0.2) is 158 Å². The van der Waals surface area contributed by atoms with Crippen molar-refractivity contribution in [3.05, 3.63) is 181 Å². The van der Waals surface area contributed by atoms with E-state index in [1.807, 2.05) is 42.5 Å². The van der Waals surface area contributed by atoms with Gasteiger partial charge in [-0.15, -0.1) is 0 Å². The Hall–Kier alpha value is -6.88. The summed E-state index contributed by atoms with van der Waals surface area (Å²) in [4.78, 5) is 7.87. The van der Waals surface area contributed by atoms with Crippen molar-refractivity contribution in [1.82, 2.24) is 9.13 Å². The second-order valence-electron chi connectivity index (χ2n) is 11.9. The van der Waals surface area contributed by atoms with E-state index in [1.54, 1.807) is 0 Å². The number of fused-ring (bicyclic) bond motifs is 6. The van der Waals surface area contributed by atoms with Crippen molar-refractivity contribution in [3.63, 3.8) is 0 Å². The molecule has 0 spiro atoms. The molecule has 0 N–H and O–H groups in total. The summed E-state index contributed by atoms with van der Waals surface area (Å²) in [7, 11) is 0. The van der Waals surface area contributed by atoms with Crippen LogP contribution in [0.2, 0.25) is 0 Å². The van der Waals surface area contributed by atoms with Gasteiger partial charge in [0.05, 0.1) is 40.9 Å². The lowest BCUT2D eigenvalue weighted by Crippen LogP contribution is -1.97. The number of nitrogens with zero attached hydrogens (tertiary/aromatic N) is 4. The third-order valence-electron chi connectivity index (χ3n) is 9.36. The van der Waals surface area contributed by atoms with Gasteiger partial charge in [0, 0.05) is 21.8 Å². The Balaban J connectivity index is 1.25. The third kappa shape index (κ3) is 4.07. The van der Waals surface area contributed by atoms with Crippen LogP contribution >= 0.6 is 0 Å². The highest BCUT2D eigenvalue weighted by Crippen LogP contribution is 2.42. The second-order valence-corrected chi connectivity index (χ2v) is 11.9. The molecule has 0 saturated heterocycles. The van der Waals surface area contributed by atoms with E-state index in [9.17, 15) is 0 Å². The zero-order chi connectivity index (χ0) is 32.2. The minimum absolute atomic E-state index is 0.604. The molecule has 0 radical (unpaired) electrons. The van der Waals surface area contributed by atoms with Gasteiger partial charge < -0.3 is 9.13 Å². The van der Waals surface area contributed by atoms with E-state index in [1.165, 1.54) is 10.8 Å². The smallest absolute Gasteiger partial charge is 0.211 e. The average Bonchev–Trinajstić information content (AvgIpc) is 3.68. The number of para-hydroxylation sites is 5. The molecule has 0 aliphatic rings. The number of hydrogen-bond donors (Lipinski definition) is 0. The van der Waals surface area contributed by atoms with E-state index in [-0.39, 0.29) is 0 Å². The van der Waals surface area contributed by atoms with Gasteiger partial charge in [-0.05, 0) is 64.0 Å². The van der Waals surface area contributed by atoms with Crippen molar-refractivity contribution < 1.29 is 0 Å². The first-order valence-electron chi connectivity index (χ1n) is 15.8. The quantitative estimate of drug-likeness (QED) is 0.177. The summed E-state index contributed by atoms with van der Waals surface area (Å²) < 4.78 is 4.52. The Morgan fingerprint density at radius 2 is 0.958 bits per heavy atom. The molecule has 9 aromatic rings. The average molecular weight is 611 g/mol. The normalized spacial score (nSPS) is 11.3. The van der Waals surface area contributed by atoms with Crippen LogP contribution in [0.25, 0.3) is 86.9 Å². The largest absolute Gasteiger partial charge is 0.319 e. The summed E-state index contributed by atoms with van der Waals surface area (Å²) in [5.74, 6) is 0. The van der Waals surface area contributed by atoms with Crippen LogP contribution in [0.5, 0.6) is 0 Å². The zero-order valence-corrected chi connectivity index (χ0v) is 25.8. The molecule has 4 nitrogen and oxygen atoms in total. The van der Waals surface area contributed by atoms with E-state index >= 15 is 0 Å². The third-order valence-corrected chi connectivity index (χ3v) is 9.36. The van der Waals surface area contributed by atoms with Gasteiger partial charge in [0.25, 0.3) is 0 Å². The number of hydrogen-bond acceptors (Lipinski definition) is 0. The fraction of sp³-hybridized carbons (Fsp3) is 0. The van der Waals surface area contributed by atoms with E-state index in [0.29, 0.717) is 11.4 Å². The molecule has 0 saturated carbocycles. The first-order chi connectivity index (χ1) is 23.7. The SMILES string of the molecule is [C-]#[N+]c1ccc(-c2cccc(-n3c4ccccc4c4cccc([N+]#[C-])c43)c2)cc1-c1ccccc1-n1c2ccccc2c2ccccc21. The van der Waals surface area contributed by atoms with Crippen LogP contribution in [0, 0.1) is 13.1 Å². The number of benzene rings is 7. The van der Waals surface area contributed by atoms with E-state index in [0.717, 1.165) is 66.5 Å². The maximum absolute atomic E-state index is 8.13. The minimum atomic E-state index is 0.604.